The van der Waals surface area contributed by atoms with Gasteiger partial charge in [-0.3, -0.25) is 4.79 Å². The normalized spacial score (nSPS) is 20.2. The van der Waals surface area contributed by atoms with Gasteiger partial charge in [-0.2, -0.15) is 16.7 Å². The maximum absolute atomic E-state index is 12.1. The van der Waals surface area contributed by atoms with E-state index in [4.69, 9.17) is 16.2 Å². The fourth-order valence-electron chi connectivity index (χ4n) is 4.84. The lowest BCUT2D eigenvalue weighted by molar-refractivity contribution is -0.121. The van der Waals surface area contributed by atoms with Crippen LogP contribution >= 0.6 is 11.8 Å². The lowest BCUT2D eigenvalue weighted by Crippen LogP contribution is -2.36. The quantitative estimate of drug-likeness (QED) is 0.197. The van der Waals surface area contributed by atoms with Gasteiger partial charge in [-0.1, -0.05) is 25.5 Å². The van der Waals surface area contributed by atoms with Crippen LogP contribution in [0, 0.1) is 0 Å². The van der Waals surface area contributed by atoms with Crippen molar-refractivity contribution in [1.29, 1.82) is 0 Å². The van der Waals surface area contributed by atoms with Gasteiger partial charge in [0, 0.05) is 29.5 Å². The Morgan fingerprint density at radius 3 is 2.73 bits per heavy atom. The molecular weight excluding hydrogens is 490 g/mol. The van der Waals surface area contributed by atoms with Crippen molar-refractivity contribution in [2.75, 3.05) is 30.4 Å². The molecule has 0 spiro atoms. The van der Waals surface area contributed by atoms with Crippen molar-refractivity contribution in [3.05, 3.63) is 30.0 Å². The van der Waals surface area contributed by atoms with E-state index in [-0.39, 0.29) is 30.0 Å². The molecule has 0 aliphatic carbocycles. The Hall–Kier alpha value is -3.21. The predicted molar refractivity (Wildman–Crippen MR) is 147 cm³/mol. The fourth-order valence-corrected chi connectivity index (χ4v) is 6.39. The number of nitrogens with zero attached hydrogens (tertiary/aromatic N) is 2. The van der Waals surface area contributed by atoms with Gasteiger partial charge in [0.05, 0.1) is 24.4 Å². The molecule has 10 nitrogen and oxygen atoms in total. The van der Waals surface area contributed by atoms with Gasteiger partial charge in [0.15, 0.2) is 0 Å². The molecule has 2 fully saturated rings. The topological polar surface area (TPSA) is 157 Å². The second-order valence-corrected chi connectivity index (χ2v) is 10.7. The molecule has 0 unspecified atom stereocenters. The summed E-state index contributed by atoms with van der Waals surface area (Å²) in [5, 5.41) is 9.42. The molecular formula is C26H37N7O3S. The second kappa shape index (κ2) is 12.8. The molecule has 7 N–H and O–H groups in total. The standard InChI is InChI=1S/C26H37N7O3S/c1-2-18-22(24(27)33-25(28)30-18)16-9-11-17(12-10-16)36-14-6-5-13-29-21(34)8-4-3-7-20-23-19(15-37-20)31-26(35)32-23/h9-12,19-20,23H,2-8,13-15H2,1H3,(H,29,34)(H2,31,32,35)(H4,27,28,30,33)/t19-,20+,23-/m1/s1. The molecule has 3 heterocycles. The molecule has 0 saturated carbocycles. The number of fused-ring (bicyclic) bond motifs is 1. The molecule has 3 atom stereocenters. The molecule has 37 heavy (non-hydrogen) atoms. The summed E-state index contributed by atoms with van der Waals surface area (Å²) in [6.07, 6.45) is 5.85. The van der Waals surface area contributed by atoms with Crippen LogP contribution in [0.15, 0.2) is 24.3 Å². The zero-order chi connectivity index (χ0) is 26.2. The smallest absolute Gasteiger partial charge is 0.315 e. The number of amides is 3. The minimum atomic E-state index is -0.0518. The summed E-state index contributed by atoms with van der Waals surface area (Å²) < 4.78 is 5.85. The van der Waals surface area contributed by atoms with E-state index in [1.165, 1.54) is 0 Å². The summed E-state index contributed by atoms with van der Waals surface area (Å²) in [6, 6.07) is 8.16. The molecule has 1 aromatic heterocycles. The third kappa shape index (κ3) is 7.18. The van der Waals surface area contributed by atoms with Gasteiger partial charge in [0.2, 0.25) is 11.9 Å². The Bertz CT molecular complexity index is 1080. The first-order valence-electron chi connectivity index (χ1n) is 13.0. The summed E-state index contributed by atoms with van der Waals surface area (Å²) in [6.45, 7) is 3.23. The highest BCUT2D eigenvalue weighted by molar-refractivity contribution is 8.00. The molecule has 1 aromatic carbocycles. The van der Waals surface area contributed by atoms with Gasteiger partial charge in [-0.05, 0) is 49.8 Å². The van der Waals surface area contributed by atoms with Crippen LogP contribution in [-0.2, 0) is 11.2 Å². The Morgan fingerprint density at radius 2 is 1.95 bits per heavy atom. The van der Waals surface area contributed by atoms with Crippen molar-refractivity contribution >= 4 is 35.5 Å². The van der Waals surface area contributed by atoms with E-state index in [9.17, 15) is 9.59 Å². The number of carbonyl (C=O) groups excluding carboxylic acids is 2. The van der Waals surface area contributed by atoms with E-state index in [1.807, 2.05) is 43.0 Å². The number of hydrogen-bond acceptors (Lipinski definition) is 8. The Kier molecular flexibility index (Phi) is 9.32. The van der Waals surface area contributed by atoms with Crippen molar-refractivity contribution in [2.45, 2.75) is 69.2 Å². The number of aryl methyl sites for hydroxylation is 1. The molecule has 2 saturated heterocycles. The van der Waals surface area contributed by atoms with E-state index in [1.54, 1.807) is 0 Å². The van der Waals surface area contributed by atoms with Gasteiger partial charge in [-0.25, -0.2) is 9.78 Å². The van der Waals surface area contributed by atoms with Crippen LogP contribution < -0.4 is 32.2 Å². The number of ether oxygens (including phenoxy) is 1. The highest BCUT2D eigenvalue weighted by atomic mass is 32.2. The third-order valence-corrected chi connectivity index (χ3v) is 8.26. The highest BCUT2D eigenvalue weighted by Gasteiger charge is 2.42. The first-order chi connectivity index (χ1) is 17.9. The molecule has 200 valence electrons. The van der Waals surface area contributed by atoms with Crippen molar-refractivity contribution in [3.63, 3.8) is 0 Å². The molecule has 0 radical (unpaired) electrons. The summed E-state index contributed by atoms with van der Waals surface area (Å²) >= 11 is 1.91. The van der Waals surface area contributed by atoms with Crippen molar-refractivity contribution < 1.29 is 14.3 Å². The molecule has 2 aliphatic rings. The lowest BCUT2D eigenvalue weighted by Gasteiger charge is -2.16. The first-order valence-corrected chi connectivity index (χ1v) is 14.1. The van der Waals surface area contributed by atoms with Gasteiger partial charge >= 0.3 is 6.03 Å². The zero-order valence-corrected chi connectivity index (χ0v) is 22.1. The Morgan fingerprint density at radius 1 is 1.14 bits per heavy atom. The minimum Gasteiger partial charge on any atom is -0.494 e. The van der Waals surface area contributed by atoms with E-state index >= 15 is 0 Å². The number of nitrogens with two attached hydrogens (primary N) is 2. The Balaban J connectivity index is 1.07. The second-order valence-electron chi connectivity index (χ2n) is 9.44. The van der Waals surface area contributed by atoms with Crippen LogP contribution in [0.4, 0.5) is 16.6 Å². The number of nitrogen functional groups attached to an aromatic ring is 2. The van der Waals surface area contributed by atoms with Gasteiger partial charge < -0.3 is 32.2 Å². The first kappa shape index (κ1) is 26.8. The predicted octanol–water partition coefficient (Wildman–Crippen LogP) is 2.87. The summed E-state index contributed by atoms with van der Waals surface area (Å²) in [7, 11) is 0. The average molecular weight is 528 g/mol. The number of aromatic nitrogens is 2. The van der Waals surface area contributed by atoms with E-state index in [0.29, 0.717) is 37.1 Å². The summed E-state index contributed by atoms with van der Waals surface area (Å²) in [5.74, 6) is 2.41. The van der Waals surface area contributed by atoms with E-state index < -0.39 is 0 Å². The monoisotopic (exact) mass is 527 g/mol. The number of unbranched alkanes of at least 4 members (excludes halogenated alkanes) is 2. The number of hydrogen-bond donors (Lipinski definition) is 5. The minimum absolute atomic E-state index is 0.0518. The summed E-state index contributed by atoms with van der Waals surface area (Å²) in [4.78, 5) is 32.0. The van der Waals surface area contributed by atoms with Crippen LogP contribution in [0.5, 0.6) is 5.75 Å². The van der Waals surface area contributed by atoms with Gasteiger partial charge in [-0.15, -0.1) is 0 Å². The number of nitrogens with one attached hydrogen (secondary N) is 3. The number of anilines is 2. The van der Waals surface area contributed by atoms with E-state index in [2.05, 4.69) is 25.9 Å². The molecule has 0 bridgehead atoms. The fraction of sp³-hybridized carbons (Fsp3) is 0.538. The number of carbonyl (C=O) groups is 2. The summed E-state index contributed by atoms with van der Waals surface area (Å²) in [5.41, 5.74) is 14.4. The van der Waals surface area contributed by atoms with Crippen LogP contribution in [-0.4, -0.2) is 58.1 Å². The Labute approximate surface area is 222 Å². The molecule has 11 heteroatoms. The van der Waals surface area contributed by atoms with Gasteiger partial charge in [0.25, 0.3) is 0 Å². The van der Waals surface area contributed by atoms with Crippen LogP contribution in [0.2, 0.25) is 0 Å². The van der Waals surface area contributed by atoms with Crippen molar-refractivity contribution in [3.8, 4) is 16.9 Å². The maximum atomic E-state index is 12.1. The zero-order valence-electron chi connectivity index (χ0n) is 21.3. The molecule has 2 aromatic rings. The largest absolute Gasteiger partial charge is 0.494 e. The van der Waals surface area contributed by atoms with Crippen molar-refractivity contribution in [1.82, 2.24) is 25.9 Å². The number of benzene rings is 1. The van der Waals surface area contributed by atoms with Crippen LogP contribution in [0.25, 0.3) is 11.1 Å². The maximum Gasteiger partial charge on any atom is 0.315 e. The van der Waals surface area contributed by atoms with Crippen molar-refractivity contribution in [2.24, 2.45) is 0 Å². The SMILES string of the molecule is CCc1nc(N)nc(N)c1-c1ccc(OCCCCNC(=O)CCCC[C@@H]2SC[C@H]3NC(=O)N[C@@H]23)cc1. The number of thioether (sulfide) groups is 1. The molecule has 2 aliphatic heterocycles. The van der Waals surface area contributed by atoms with E-state index in [0.717, 1.165) is 60.4 Å². The number of rotatable bonds is 13. The highest BCUT2D eigenvalue weighted by Crippen LogP contribution is 2.33. The van der Waals surface area contributed by atoms with Crippen LogP contribution in [0.3, 0.4) is 0 Å². The van der Waals surface area contributed by atoms with Gasteiger partial charge in [0.1, 0.15) is 11.6 Å². The van der Waals surface area contributed by atoms with Crippen LogP contribution in [0.1, 0.15) is 51.1 Å². The third-order valence-electron chi connectivity index (χ3n) is 6.75. The number of urea groups is 1. The molecule has 4 rings (SSSR count). The lowest BCUT2D eigenvalue weighted by atomic mass is 10.0. The molecule has 3 amide bonds. The average Bonchev–Trinajstić information content (AvgIpc) is 3.43.